The normalized spacial score (nSPS) is 20.6. The number of hydrogen-bond acceptors (Lipinski definition) is 6. The summed E-state index contributed by atoms with van der Waals surface area (Å²) in [4.78, 5) is 41.0. The van der Waals surface area contributed by atoms with Crippen molar-refractivity contribution in [2.24, 2.45) is 0 Å². The van der Waals surface area contributed by atoms with Crippen LogP contribution in [0.15, 0.2) is 36.4 Å². The molecule has 0 aliphatic carbocycles. The standard InChI is InChI=1S/C30H36N6O4/c1-17(31-29(37)25-5-3-13-39-25)27-33-21-11-9-19(15-23(21)35-27)7-8-20-10-12-22-24(16-20)36-28(34-22)18(2)32-30(38)26-6-4-14-40-26/h9-12,15-18,25-26H,3-8,13-14H2,1-2H3,(H,31,37)(H,32,38)(H,33,35)(H,34,36)/t17-,18-,25+,26+/m0/s1. The molecule has 10 nitrogen and oxygen atoms in total. The van der Waals surface area contributed by atoms with E-state index >= 15 is 0 Å². The second-order valence-corrected chi connectivity index (χ2v) is 10.9. The monoisotopic (exact) mass is 544 g/mol. The number of amides is 2. The minimum Gasteiger partial charge on any atom is -0.368 e. The molecule has 0 spiro atoms. The second-order valence-electron chi connectivity index (χ2n) is 10.9. The van der Waals surface area contributed by atoms with Gasteiger partial charge in [0.15, 0.2) is 0 Å². The first-order valence-corrected chi connectivity index (χ1v) is 14.2. The molecule has 2 amide bonds. The van der Waals surface area contributed by atoms with E-state index in [-0.39, 0.29) is 36.1 Å². The van der Waals surface area contributed by atoms with Crippen molar-refractivity contribution < 1.29 is 19.1 Å². The van der Waals surface area contributed by atoms with Crippen molar-refractivity contribution in [1.29, 1.82) is 0 Å². The minimum absolute atomic E-state index is 0.0783. The van der Waals surface area contributed by atoms with Gasteiger partial charge in [0.2, 0.25) is 11.8 Å². The Morgan fingerprint density at radius 3 is 1.65 bits per heavy atom. The molecule has 4 atom stereocenters. The van der Waals surface area contributed by atoms with Crippen LogP contribution in [0, 0.1) is 0 Å². The highest BCUT2D eigenvalue weighted by molar-refractivity contribution is 5.82. The van der Waals surface area contributed by atoms with Crippen LogP contribution in [0.5, 0.6) is 0 Å². The van der Waals surface area contributed by atoms with E-state index in [4.69, 9.17) is 9.47 Å². The Hall–Kier alpha value is -3.76. The highest BCUT2D eigenvalue weighted by Crippen LogP contribution is 2.22. The number of aromatic amines is 2. The third-order valence-electron chi connectivity index (χ3n) is 7.81. The fraction of sp³-hybridized carbons (Fsp3) is 0.467. The van der Waals surface area contributed by atoms with Crippen LogP contribution in [-0.2, 0) is 31.9 Å². The van der Waals surface area contributed by atoms with Crippen LogP contribution in [0.4, 0.5) is 0 Å². The lowest BCUT2D eigenvalue weighted by Gasteiger charge is -2.14. The fourth-order valence-corrected chi connectivity index (χ4v) is 5.48. The third-order valence-corrected chi connectivity index (χ3v) is 7.81. The quantitative estimate of drug-likeness (QED) is 0.252. The molecular formula is C30H36N6O4. The number of aromatic nitrogens is 4. The molecule has 4 heterocycles. The molecule has 0 radical (unpaired) electrons. The number of hydrogen-bond donors (Lipinski definition) is 4. The topological polar surface area (TPSA) is 134 Å². The summed E-state index contributed by atoms with van der Waals surface area (Å²) in [7, 11) is 0. The summed E-state index contributed by atoms with van der Waals surface area (Å²) >= 11 is 0. The van der Waals surface area contributed by atoms with E-state index in [1.165, 1.54) is 11.1 Å². The second kappa shape index (κ2) is 11.4. The molecular weight excluding hydrogens is 508 g/mol. The molecule has 6 rings (SSSR count). The van der Waals surface area contributed by atoms with Gasteiger partial charge >= 0.3 is 0 Å². The summed E-state index contributed by atoms with van der Waals surface area (Å²) in [5.41, 5.74) is 6.08. The average molecular weight is 545 g/mol. The maximum absolute atomic E-state index is 12.4. The van der Waals surface area contributed by atoms with Crippen LogP contribution < -0.4 is 10.6 Å². The highest BCUT2D eigenvalue weighted by atomic mass is 16.5. The zero-order valence-corrected chi connectivity index (χ0v) is 23.0. The van der Waals surface area contributed by atoms with Crippen molar-refractivity contribution in [3.8, 4) is 0 Å². The number of fused-ring (bicyclic) bond motifs is 2. The number of H-pyrrole nitrogens is 2. The van der Waals surface area contributed by atoms with E-state index in [2.05, 4.69) is 54.8 Å². The molecule has 2 aliphatic heterocycles. The molecule has 2 saturated heterocycles. The fourth-order valence-electron chi connectivity index (χ4n) is 5.48. The summed E-state index contributed by atoms with van der Waals surface area (Å²) in [6.45, 7) is 5.15. The molecule has 0 saturated carbocycles. The first-order chi connectivity index (χ1) is 19.4. The van der Waals surface area contributed by atoms with Crippen molar-refractivity contribution in [2.75, 3.05) is 13.2 Å². The summed E-state index contributed by atoms with van der Waals surface area (Å²) in [6, 6.07) is 12.1. The lowest BCUT2D eigenvalue weighted by Crippen LogP contribution is -2.36. The maximum atomic E-state index is 12.4. The van der Waals surface area contributed by atoms with E-state index in [0.29, 0.717) is 13.2 Å². The van der Waals surface area contributed by atoms with Crippen LogP contribution in [0.1, 0.15) is 74.4 Å². The maximum Gasteiger partial charge on any atom is 0.249 e. The number of carbonyl (C=O) groups excluding carboxylic acids is 2. The Balaban J connectivity index is 1.08. The average Bonchev–Trinajstić information content (AvgIpc) is 3.77. The lowest BCUT2D eigenvalue weighted by atomic mass is 10.0. The Kier molecular flexibility index (Phi) is 7.53. The lowest BCUT2D eigenvalue weighted by molar-refractivity contribution is -0.131. The van der Waals surface area contributed by atoms with Crippen molar-refractivity contribution in [3.63, 3.8) is 0 Å². The Bertz CT molecular complexity index is 1400. The van der Waals surface area contributed by atoms with Gasteiger partial charge in [0.1, 0.15) is 23.9 Å². The number of nitrogens with one attached hydrogen (secondary N) is 4. The zero-order valence-electron chi connectivity index (χ0n) is 23.0. The smallest absolute Gasteiger partial charge is 0.249 e. The van der Waals surface area contributed by atoms with Gasteiger partial charge in [0, 0.05) is 13.2 Å². The predicted octanol–water partition coefficient (Wildman–Crippen LogP) is 3.94. The molecule has 4 N–H and O–H groups in total. The van der Waals surface area contributed by atoms with Gasteiger partial charge in [0.25, 0.3) is 0 Å². The molecule has 2 aliphatic rings. The number of nitrogens with zero attached hydrogens (tertiary/aromatic N) is 2. The summed E-state index contributed by atoms with van der Waals surface area (Å²) in [5.74, 6) is 1.32. The molecule has 2 aromatic heterocycles. The Labute approximate surface area is 232 Å². The first-order valence-electron chi connectivity index (χ1n) is 14.2. The van der Waals surface area contributed by atoms with Crippen LogP contribution in [-0.4, -0.2) is 57.2 Å². The third kappa shape index (κ3) is 5.73. The first kappa shape index (κ1) is 26.5. The molecule has 40 heavy (non-hydrogen) atoms. The number of carbonyl (C=O) groups is 2. The molecule has 10 heteroatoms. The van der Waals surface area contributed by atoms with Gasteiger partial charge in [-0.2, -0.15) is 0 Å². The van der Waals surface area contributed by atoms with Crippen LogP contribution in [0.2, 0.25) is 0 Å². The number of ether oxygens (including phenoxy) is 2. The van der Waals surface area contributed by atoms with Crippen molar-refractivity contribution in [2.45, 2.75) is 76.7 Å². The number of benzene rings is 2. The van der Waals surface area contributed by atoms with Crippen LogP contribution >= 0.6 is 0 Å². The molecule has 2 aromatic carbocycles. The predicted molar refractivity (Wildman–Crippen MR) is 151 cm³/mol. The number of aryl methyl sites for hydroxylation is 2. The van der Waals surface area contributed by atoms with E-state index < -0.39 is 0 Å². The Morgan fingerprint density at radius 1 is 0.800 bits per heavy atom. The molecule has 4 aromatic rings. The molecule has 0 unspecified atom stereocenters. The van der Waals surface area contributed by atoms with Crippen LogP contribution in [0.25, 0.3) is 22.1 Å². The molecule has 210 valence electrons. The molecule has 0 bridgehead atoms. The van der Waals surface area contributed by atoms with E-state index in [1.54, 1.807) is 0 Å². The van der Waals surface area contributed by atoms with E-state index in [1.807, 2.05) is 26.0 Å². The van der Waals surface area contributed by atoms with Gasteiger partial charge in [-0.25, -0.2) is 9.97 Å². The van der Waals surface area contributed by atoms with Gasteiger partial charge in [0.05, 0.1) is 34.2 Å². The van der Waals surface area contributed by atoms with Gasteiger partial charge < -0.3 is 30.1 Å². The van der Waals surface area contributed by atoms with Crippen molar-refractivity contribution in [3.05, 3.63) is 59.2 Å². The summed E-state index contributed by atoms with van der Waals surface area (Å²) in [6.07, 6.45) is 4.41. The van der Waals surface area contributed by atoms with Gasteiger partial charge in [-0.15, -0.1) is 0 Å². The van der Waals surface area contributed by atoms with Gasteiger partial charge in [-0.3, -0.25) is 9.59 Å². The summed E-state index contributed by atoms with van der Waals surface area (Å²) in [5, 5.41) is 6.03. The summed E-state index contributed by atoms with van der Waals surface area (Å²) < 4.78 is 11.0. The van der Waals surface area contributed by atoms with Gasteiger partial charge in [-0.1, -0.05) is 12.1 Å². The van der Waals surface area contributed by atoms with E-state index in [9.17, 15) is 9.59 Å². The van der Waals surface area contributed by atoms with Crippen LogP contribution in [0.3, 0.4) is 0 Å². The van der Waals surface area contributed by atoms with Gasteiger partial charge in [-0.05, 0) is 87.8 Å². The zero-order chi connectivity index (χ0) is 27.6. The van der Waals surface area contributed by atoms with Crippen molar-refractivity contribution in [1.82, 2.24) is 30.6 Å². The largest absolute Gasteiger partial charge is 0.368 e. The highest BCUT2D eigenvalue weighted by Gasteiger charge is 2.26. The Morgan fingerprint density at radius 2 is 1.25 bits per heavy atom. The molecule has 2 fully saturated rings. The van der Waals surface area contributed by atoms with E-state index in [0.717, 1.165) is 72.2 Å². The number of rotatable bonds is 9. The van der Waals surface area contributed by atoms with Crippen molar-refractivity contribution >= 4 is 33.9 Å². The number of imidazole rings is 2. The SMILES string of the molecule is C[C@H](NC(=O)[C@H]1CCCO1)c1nc2ccc(CCc3ccc4nc([C@H](C)NC(=O)[C@H]5CCCO5)[nH]c4c3)cc2[nH]1. The minimum atomic E-state index is -0.355.